The Balaban J connectivity index is 1.66. The van der Waals surface area contributed by atoms with Crippen LogP contribution in [-0.4, -0.2) is 51.7 Å². The summed E-state index contributed by atoms with van der Waals surface area (Å²) in [5.74, 6) is -0.820. The number of benzene rings is 1. The Bertz CT molecular complexity index is 648. The third-order valence-corrected chi connectivity index (χ3v) is 5.24. The van der Waals surface area contributed by atoms with Crippen molar-refractivity contribution in [2.24, 2.45) is 0 Å². The average molecular weight is 357 g/mol. The number of thioether (sulfide) groups is 1. The number of likely N-dealkylation sites (tertiary alicyclic amines) is 1. The summed E-state index contributed by atoms with van der Waals surface area (Å²) in [5, 5.41) is -0.0400. The topological polar surface area (TPSA) is 57.7 Å². The fourth-order valence-electron chi connectivity index (χ4n) is 2.86. The second-order valence-electron chi connectivity index (χ2n) is 5.48. The van der Waals surface area contributed by atoms with Gasteiger partial charge in [-0.2, -0.15) is 0 Å². The van der Waals surface area contributed by atoms with E-state index in [9.17, 15) is 18.8 Å². The molecule has 0 aliphatic carbocycles. The lowest BCUT2D eigenvalue weighted by Crippen LogP contribution is -2.41. The molecule has 0 radical (unpaired) electrons. The Morgan fingerprint density at radius 1 is 1.39 bits per heavy atom. The zero-order valence-corrected chi connectivity index (χ0v) is 13.7. The molecule has 122 valence electrons. The summed E-state index contributed by atoms with van der Waals surface area (Å²) in [5.41, 5.74) is 0.173. The number of rotatable bonds is 3. The molecule has 3 amide bonds. The first-order valence-corrected chi connectivity index (χ1v) is 8.53. The van der Waals surface area contributed by atoms with Crippen LogP contribution in [0.1, 0.15) is 12.0 Å². The number of imide groups is 1. The number of carbonyl (C=O) groups excluding carboxylic acids is 3. The average Bonchev–Trinajstić information content (AvgIpc) is 3.10. The normalized spacial score (nSPS) is 21.4. The van der Waals surface area contributed by atoms with E-state index >= 15 is 0 Å². The van der Waals surface area contributed by atoms with E-state index < -0.39 is 5.82 Å². The number of carbonyl (C=O) groups is 3. The summed E-state index contributed by atoms with van der Waals surface area (Å²) in [7, 11) is 0. The van der Waals surface area contributed by atoms with Gasteiger partial charge in [0.2, 0.25) is 11.8 Å². The van der Waals surface area contributed by atoms with Crippen LogP contribution in [0.2, 0.25) is 5.02 Å². The Labute approximate surface area is 141 Å². The van der Waals surface area contributed by atoms with Crippen LogP contribution >= 0.6 is 23.4 Å². The van der Waals surface area contributed by atoms with E-state index in [-0.39, 0.29) is 45.9 Å². The van der Waals surface area contributed by atoms with Crippen LogP contribution in [0.25, 0.3) is 0 Å². The first-order valence-electron chi connectivity index (χ1n) is 7.17. The van der Waals surface area contributed by atoms with Crippen LogP contribution in [0.15, 0.2) is 18.2 Å². The third kappa shape index (κ3) is 3.21. The molecule has 1 aromatic carbocycles. The maximum atomic E-state index is 13.8. The highest BCUT2D eigenvalue weighted by molar-refractivity contribution is 8.14. The van der Waals surface area contributed by atoms with Crippen molar-refractivity contribution in [1.82, 2.24) is 9.80 Å². The summed E-state index contributed by atoms with van der Waals surface area (Å²) >= 11 is 6.92. The van der Waals surface area contributed by atoms with Crippen molar-refractivity contribution in [3.8, 4) is 0 Å². The Morgan fingerprint density at radius 3 is 2.83 bits per heavy atom. The molecular formula is C15H14ClFN2O3S. The molecular weight excluding hydrogens is 343 g/mol. The van der Waals surface area contributed by atoms with Gasteiger partial charge in [0.15, 0.2) is 0 Å². The van der Waals surface area contributed by atoms with Gasteiger partial charge in [0.25, 0.3) is 5.24 Å². The smallest absolute Gasteiger partial charge is 0.289 e. The highest BCUT2D eigenvalue weighted by Gasteiger charge is 2.40. The fourth-order valence-corrected chi connectivity index (χ4v) is 3.87. The zero-order chi connectivity index (χ0) is 16.6. The monoisotopic (exact) mass is 356 g/mol. The highest BCUT2D eigenvalue weighted by Crippen LogP contribution is 2.27. The Morgan fingerprint density at radius 2 is 2.17 bits per heavy atom. The van der Waals surface area contributed by atoms with E-state index in [4.69, 9.17) is 11.6 Å². The molecule has 5 nitrogen and oxygen atoms in total. The first-order chi connectivity index (χ1) is 11.0. The number of hydrogen-bond acceptors (Lipinski definition) is 4. The molecule has 2 aliphatic heterocycles. The molecule has 2 fully saturated rings. The van der Waals surface area contributed by atoms with Gasteiger partial charge in [-0.15, -0.1) is 0 Å². The van der Waals surface area contributed by atoms with Gasteiger partial charge in [-0.1, -0.05) is 29.4 Å². The van der Waals surface area contributed by atoms with Crippen molar-refractivity contribution in [2.45, 2.75) is 18.9 Å². The molecule has 0 N–H and O–H groups in total. The van der Waals surface area contributed by atoms with Crippen LogP contribution in [0.4, 0.5) is 9.18 Å². The van der Waals surface area contributed by atoms with Gasteiger partial charge < -0.3 is 4.90 Å². The SMILES string of the molecule is O=C(Cc1c(F)cccc1Cl)N1CCC(N2C(=O)CSC2=O)C1. The van der Waals surface area contributed by atoms with Crippen LogP contribution in [0.3, 0.4) is 0 Å². The van der Waals surface area contributed by atoms with E-state index in [1.165, 1.54) is 17.0 Å². The summed E-state index contributed by atoms with van der Waals surface area (Å²) < 4.78 is 13.8. The standard InChI is InChI=1S/C15H14ClFN2O3S/c16-11-2-1-3-12(17)10(11)6-13(20)18-5-4-9(7-18)19-14(21)8-23-15(19)22/h1-3,9H,4-8H2. The van der Waals surface area contributed by atoms with E-state index in [1.807, 2.05) is 0 Å². The second-order valence-corrected chi connectivity index (χ2v) is 6.81. The van der Waals surface area contributed by atoms with Gasteiger partial charge in [-0.3, -0.25) is 19.3 Å². The lowest BCUT2D eigenvalue weighted by atomic mass is 10.1. The maximum absolute atomic E-state index is 13.8. The largest absolute Gasteiger partial charge is 0.340 e. The lowest BCUT2D eigenvalue weighted by molar-refractivity contribution is -0.131. The fraction of sp³-hybridized carbons (Fsp3) is 0.400. The Hall–Kier alpha value is -1.60. The van der Waals surface area contributed by atoms with E-state index in [2.05, 4.69) is 0 Å². The molecule has 2 saturated heterocycles. The molecule has 8 heteroatoms. The summed E-state index contributed by atoms with van der Waals surface area (Å²) in [6.45, 7) is 0.736. The molecule has 2 aliphatic rings. The molecule has 2 heterocycles. The molecule has 1 aromatic rings. The van der Waals surface area contributed by atoms with Crippen LogP contribution in [0, 0.1) is 5.82 Å². The zero-order valence-electron chi connectivity index (χ0n) is 12.1. The highest BCUT2D eigenvalue weighted by atomic mass is 35.5. The van der Waals surface area contributed by atoms with Crippen LogP contribution in [0.5, 0.6) is 0 Å². The van der Waals surface area contributed by atoms with E-state index in [0.717, 1.165) is 11.8 Å². The molecule has 3 rings (SSSR count). The predicted octanol–water partition coefficient (Wildman–Crippen LogP) is 2.32. The van der Waals surface area contributed by atoms with Crippen molar-refractivity contribution in [3.63, 3.8) is 0 Å². The second kappa shape index (κ2) is 6.49. The molecule has 1 atom stereocenters. The van der Waals surface area contributed by atoms with Gasteiger partial charge in [-0.25, -0.2) is 4.39 Å². The molecule has 0 bridgehead atoms. The molecule has 1 unspecified atom stereocenters. The minimum Gasteiger partial charge on any atom is -0.340 e. The third-order valence-electron chi connectivity index (χ3n) is 4.06. The van der Waals surface area contributed by atoms with Crippen molar-refractivity contribution in [3.05, 3.63) is 34.6 Å². The van der Waals surface area contributed by atoms with Gasteiger partial charge in [0, 0.05) is 23.7 Å². The minimum atomic E-state index is -0.511. The molecule has 23 heavy (non-hydrogen) atoms. The van der Waals surface area contributed by atoms with E-state index in [1.54, 1.807) is 11.0 Å². The number of hydrogen-bond donors (Lipinski definition) is 0. The number of nitrogens with zero attached hydrogens (tertiary/aromatic N) is 2. The maximum Gasteiger partial charge on any atom is 0.289 e. The van der Waals surface area contributed by atoms with Crippen LogP contribution < -0.4 is 0 Å². The Kier molecular flexibility index (Phi) is 4.59. The molecule has 0 spiro atoms. The number of halogens is 2. The minimum absolute atomic E-state index is 0.130. The van der Waals surface area contributed by atoms with Gasteiger partial charge in [-0.05, 0) is 18.6 Å². The molecule has 0 aromatic heterocycles. The van der Waals surface area contributed by atoms with Gasteiger partial charge >= 0.3 is 0 Å². The summed E-state index contributed by atoms with van der Waals surface area (Å²) in [6.07, 6.45) is 0.420. The quantitative estimate of drug-likeness (QED) is 0.834. The lowest BCUT2D eigenvalue weighted by Gasteiger charge is -2.22. The van der Waals surface area contributed by atoms with Crippen molar-refractivity contribution >= 4 is 40.4 Å². The predicted molar refractivity (Wildman–Crippen MR) is 84.8 cm³/mol. The van der Waals surface area contributed by atoms with Crippen molar-refractivity contribution in [2.75, 3.05) is 18.8 Å². The number of amides is 3. The van der Waals surface area contributed by atoms with Crippen molar-refractivity contribution in [1.29, 1.82) is 0 Å². The molecule has 0 saturated carbocycles. The summed E-state index contributed by atoms with van der Waals surface area (Å²) in [6, 6.07) is 4.00. The van der Waals surface area contributed by atoms with Crippen LogP contribution in [-0.2, 0) is 16.0 Å². The first kappa shape index (κ1) is 16.3. The van der Waals surface area contributed by atoms with Crippen molar-refractivity contribution < 1.29 is 18.8 Å². The van der Waals surface area contributed by atoms with Gasteiger partial charge in [0.05, 0.1) is 18.2 Å². The van der Waals surface area contributed by atoms with Gasteiger partial charge in [0.1, 0.15) is 5.82 Å². The summed E-state index contributed by atoms with van der Waals surface area (Å²) in [4.78, 5) is 38.6. The van der Waals surface area contributed by atoms with E-state index in [0.29, 0.717) is 19.5 Å².